The third-order valence-corrected chi connectivity index (χ3v) is 4.02. The number of benzene rings is 2. The molecule has 0 fully saturated rings. The van der Waals surface area contributed by atoms with E-state index in [1.165, 1.54) is 24.8 Å². The summed E-state index contributed by atoms with van der Waals surface area (Å²) in [5, 5.41) is 9.87. The van der Waals surface area contributed by atoms with Crippen molar-refractivity contribution in [3.8, 4) is 16.9 Å². The Kier molecular flexibility index (Phi) is 5.18. The number of unbranched alkanes of at least 4 members (excludes halogenated alkanes) is 2. The van der Waals surface area contributed by atoms with E-state index in [0.29, 0.717) is 5.56 Å². The number of phenols is 1. The number of aromatic hydroxyl groups is 1. The Balaban J connectivity index is 2.20. The van der Waals surface area contributed by atoms with Gasteiger partial charge in [0, 0.05) is 5.56 Å². The first kappa shape index (κ1) is 15.0. The molecule has 20 heavy (non-hydrogen) atoms. The van der Waals surface area contributed by atoms with E-state index in [4.69, 9.17) is 0 Å². The summed E-state index contributed by atoms with van der Waals surface area (Å²) in [4.78, 5) is 0. The molecule has 0 atom stereocenters. The van der Waals surface area contributed by atoms with Crippen molar-refractivity contribution in [1.82, 2.24) is 0 Å². The Bertz CT molecular complexity index is 578. The highest BCUT2D eigenvalue weighted by molar-refractivity contribution is 9.10. The van der Waals surface area contributed by atoms with Crippen LogP contribution in [0.5, 0.6) is 5.75 Å². The summed E-state index contributed by atoms with van der Waals surface area (Å²) in [7, 11) is 0. The average Bonchev–Trinajstić information content (AvgIpc) is 2.46. The first-order valence-corrected chi connectivity index (χ1v) is 7.69. The van der Waals surface area contributed by atoms with Crippen LogP contribution in [0, 0.1) is 5.82 Å². The second-order valence-electron chi connectivity index (χ2n) is 4.91. The molecule has 0 aliphatic rings. The van der Waals surface area contributed by atoms with Gasteiger partial charge in [0.05, 0.1) is 4.47 Å². The van der Waals surface area contributed by atoms with Crippen molar-refractivity contribution in [2.45, 2.75) is 32.6 Å². The standard InChI is InChI=1S/C17H18BrFO/c1-2-3-4-5-12-6-8-13(9-7-12)14-10-11-15(18)16(19)17(14)20/h6-11,20H,2-5H2,1H3. The molecule has 0 unspecified atom stereocenters. The summed E-state index contributed by atoms with van der Waals surface area (Å²) in [6, 6.07) is 11.3. The maximum Gasteiger partial charge on any atom is 0.179 e. The number of hydrogen-bond acceptors (Lipinski definition) is 1. The summed E-state index contributed by atoms with van der Waals surface area (Å²) in [6.45, 7) is 2.19. The fraction of sp³-hybridized carbons (Fsp3) is 0.294. The van der Waals surface area contributed by atoms with Gasteiger partial charge >= 0.3 is 0 Å². The van der Waals surface area contributed by atoms with Gasteiger partial charge in [-0.1, -0.05) is 44.0 Å². The Morgan fingerprint density at radius 3 is 2.40 bits per heavy atom. The number of aryl methyl sites for hydroxylation is 1. The van der Waals surface area contributed by atoms with Gasteiger partial charge in [-0.3, -0.25) is 0 Å². The zero-order valence-corrected chi connectivity index (χ0v) is 13.1. The molecular formula is C17H18BrFO. The van der Waals surface area contributed by atoms with E-state index in [2.05, 4.69) is 22.9 Å². The molecule has 0 spiro atoms. The van der Waals surface area contributed by atoms with E-state index in [1.54, 1.807) is 12.1 Å². The largest absolute Gasteiger partial charge is 0.504 e. The van der Waals surface area contributed by atoms with Crippen LogP contribution < -0.4 is 0 Å². The lowest BCUT2D eigenvalue weighted by molar-refractivity contribution is 0.432. The van der Waals surface area contributed by atoms with Gasteiger partial charge in [-0.2, -0.15) is 0 Å². The van der Waals surface area contributed by atoms with Crippen LogP contribution in [0.3, 0.4) is 0 Å². The molecule has 0 amide bonds. The summed E-state index contributed by atoms with van der Waals surface area (Å²) < 4.78 is 13.9. The molecule has 0 radical (unpaired) electrons. The normalized spacial score (nSPS) is 10.8. The fourth-order valence-electron chi connectivity index (χ4n) is 2.20. The Morgan fingerprint density at radius 1 is 1.05 bits per heavy atom. The average molecular weight is 337 g/mol. The van der Waals surface area contributed by atoms with E-state index in [-0.39, 0.29) is 10.2 Å². The second kappa shape index (κ2) is 6.89. The molecule has 0 saturated carbocycles. The summed E-state index contributed by atoms with van der Waals surface area (Å²) in [6.07, 6.45) is 4.70. The lowest BCUT2D eigenvalue weighted by atomic mass is 10.0. The number of hydrogen-bond donors (Lipinski definition) is 1. The van der Waals surface area contributed by atoms with Crippen LogP contribution in [-0.4, -0.2) is 5.11 Å². The molecule has 0 aliphatic carbocycles. The van der Waals surface area contributed by atoms with E-state index < -0.39 is 5.82 Å². The molecular weight excluding hydrogens is 319 g/mol. The van der Waals surface area contributed by atoms with Gasteiger partial charge in [-0.25, -0.2) is 4.39 Å². The molecule has 2 rings (SSSR count). The predicted molar refractivity (Wildman–Crippen MR) is 84.4 cm³/mol. The lowest BCUT2D eigenvalue weighted by Gasteiger charge is -2.08. The van der Waals surface area contributed by atoms with Gasteiger partial charge < -0.3 is 5.11 Å². The van der Waals surface area contributed by atoms with Crippen molar-refractivity contribution in [2.24, 2.45) is 0 Å². The molecule has 0 bridgehead atoms. The first-order valence-electron chi connectivity index (χ1n) is 6.89. The van der Waals surface area contributed by atoms with Crippen molar-refractivity contribution in [3.63, 3.8) is 0 Å². The highest BCUT2D eigenvalue weighted by Gasteiger charge is 2.12. The number of phenolic OH excluding ortho intramolecular Hbond substituents is 1. The molecule has 0 saturated heterocycles. The van der Waals surface area contributed by atoms with Gasteiger partial charge in [-0.05, 0) is 52.0 Å². The molecule has 1 nitrogen and oxygen atoms in total. The molecule has 106 valence electrons. The van der Waals surface area contributed by atoms with Crippen molar-refractivity contribution < 1.29 is 9.50 Å². The van der Waals surface area contributed by atoms with Gasteiger partial charge in [0.1, 0.15) is 0 Å². The van der Waals surface area contributed by atoms with Crippen LogP contribution in [0.15, 0.2) is 40.9 Å². The van der Waals surface area contributed by atoms with E-state index in [1.807, 2.05) is 24.3 Å². The molecule has 0 aliphatic heterocycles. The Labute approximate surface area is 127 Å². The minimum Gasteiger partial charge on any atom is -0.504 e. The molecule has 2 aromatic carbocycles. The molecule has 0 heterocycles. The van der Waals surface area contributed by atoms with Crippen molar-refractivity contribution in [2.75, 3.05) is 0 Å². The maximum absolute atomic E-state index is 13.7. The van der Waals surface area contributed by atoms with E-state index in [0.717, 1.165) is 12.0 Å². The van der Waals surface area contributed by atoms with Crippen LogP contribution in [0.1, 0.15) is 31.7 Å². The predicted octanol–water partition coefficient (Wildman–Crippen LogP) is 5.69. The van der Waals surface area contributed by atoms with Crippen LogP contribution in [0.4, 0.5) is 4.39 Å². The molecule has 2 aromatic rings. The minimum absolute atomic E-state index is 0.273. The van der Waals surface area contributed by atoms with Crippen molar-refractivity contribution >= 4 is 15.9 Å². The van der Waals surface area contributed by atoms with Gasteiger partial charge in [0.25, 0.3) is 0 Å². The third kappa shape index (κ3) is 3.40. The van der Waals surface area contributed by atoms with Crippen molar-refractivity contribution in [1.29, 1.82) is 0 Å². The molecule has 0 aromatic heterocycles. The first-order chi connectivity index (χ1) is 9.63. The van der Waals surface area contributed by atoms with Crippen LogP contribution in [0.25, 0.3) is 11.1 Å². The highest BCUT2D eigenvalue weighted by Crippen LogP contribution is 2.35. The van der Waals surface area contributed by atoms with Gasteiger partial charge in [0.2, 0.25) is 0 Å². The zero-order valence-electron chi connectivity index (χ0n) is 11.5. The van der Waals surface area contributed by atoms with E-state index >= 15 is 0 Å². The number of halogens is 2. The zero-order chi connectivity index (χ0) is 14.5. The SMILES string of the molecule is CCCCCc1ccc(-c2ccc(Br)c(F)c2O)cc1. The molecule has 3 heteroatoms. The fourth-order valence-corrected chi connectivity index (χ4v) is 2.52. The maximum atomic E-state index is 13.7. The van der Waals surface area contributed by atoms with Crippen LogP contribution in [0.2, 0.25) is 0 Å². The molecule has 1 N–H and O–H groups in total. The quantitative estimate of drug-likeness (QED) is 0.695. The van der Waals surface area contributed by atoms with Crippen molar-refractivity contribution in [3.05, 3.63) is 52.3 Å². The van der Waals surface area contributed by atoms with E-state index in [9.17, 15) is 9.50 Å². The van der Waals surface area contributed by atoms with Gasteiger partial charge in [-0.15, -0.1) is 0 Å². The topological polar surface area (TPSA) is 20.2 Å². The highest BCUT2D eigenvalue weighted by atomic mass is 79.9. The van der Waals surface area contributed by atoms with Gasteiger partial charge in [0.15, 0.2) is 11.6 Å². The Hall–Kier alpha value is -1.35. The summed E-state index contributed by atoms with van der Waals surface area (Å²) in [5.41, 5.74) is 2.62. The third-order valence-electron chi connectivity index (χ3n) is 3.40. The summed E-state index contributed by atoms with van der Waals surface area (Å²) >= 11 is 3.06. The lowest BCUT2D eigenvalue weighted by Crippen LogP contribution is -1.88. The monoisotopic (exact) mass is 336 g/mol. The minimum atomic E-state index is -0.616. The second-order valence-corrected chi connectivity index (χ2v) is 5.77. The van der Waals surface area contributed by atoms with Crippen LogP contribution >= 0.6 is 15.9 Å². The van der Waals surface area contributed by atoms with Crippen LogP contribution in [-0.2, 0) is 6.42 Å². The Morgan fingerprint density at radius 2 is 1.75 bits per heavy atom. The summed E-state index contributed by atoms with van der Waals surface area (Å²) in [5.74, 6) is -0.923. The number of rotatable bonds is 5. The smallest absolute Gasteiger partial charge is 0.179 e.